The molecule has 2 aliphatic carbocycles. The Morgan fingerprint density at radius 1 is 0.897 bits per heavy atom. The van der Waals surface area contributed by atoms with E-state index in [1.165, 1.54) is 69.8 Å². The molecule has 0 atom stereocenters. The molecule has 0 spiro atoms. The van der Waals surface area contributed by atoms with Crippen LogP contribution in [-0.2, 0) is 6.42 Å². The zero-order valence-corrected chi connectivity index (χ0v) is 18.7. The quantitative estimate of drug-likeness (QED) is 0.434. The van der Waals surface area contributed by atoms with Crippen molar-refractivity contribution in [3.8, 4) is 17.6 Å². The maximum absolute atomic E-state index is 6.05. The molecule has 0 aliphatic heterocycles. The summed E-state index contributed by atoms with van der Waals surface area (Å²) in [6, 6.07) is 8.66. The highest BCUT2D eigenvalue weighted by Crippen LogP contribution is 2.31. The summed E-state index contributed by atoms with van der Waals surface area (Å²) in [7, 11) is 0. The predicted molar refractivity (Wildman–Crippen MR) is 124 cm³/mol. The summed E-state index contributed by atoms with van der Waals surface area (Å²) in [5.41, 5.74) is 1.40. The second-order valence-electron chi connectivity index (χ2n) is 9.26. The first kappa shape index (κ1) is 22.0. The summed E-state index contributed by atoms with van der Waals surface area (Å²) in [6.07, 6.45) is 18.7. The van der Waals surface area contributed by atoms with Gasteiger partial charge in [0.2, 0.25) is 0 Å². The van der Waals surface area contributed by atoms with Crippen molar-refractivity contribution in [3.05, 3.63) is 42.0 Å². The van der Waals surface area contributed by atoms with E-state index in [1.54, 1.807) is 0 Å². The standard InChI is InChI=1S/C28H40O/c1-3-7-24-18-20-28(21-19-24)29-22-27-16-14-26(15-17-27)9-6-5-8-25-12-10-23(4-2)11-13-25/h5,8,18-21,23,25-27H,3-4,7,10-17,22H2,1-2H3/b8-5+. The minimum Gasteiger partial charge on any atom is -0.493 e. The van der Waals surface area contributed by atoms with Crippen molar-refractivity contribution in [3.63, 3.8) is 0 Å². The number of ether oxygens (including phenoxy) is 1. The number of hydrogen-bond acceptors (Lipinski definition) is 1. The van der Waals surface area contributed by atoms with Gasteiger partial charge in [-0.2, -0.15) is 0 Å². The summed E-state index contributed by atoms with van der Waals surface area (Å²) in [4.78, 5) is 0. The molecule has 0 radical (unpaired) electrons. The van der Waals surface area contributed by atoms with Gasteiger partial charge in [0.25, 0.3) is 0 Å². The molecule has 1 aromatic carbocycles. The van der Waals surface area contributed by atoms with E-state index in [4.69, 9.17) is 4.74 Å². The first-order valence-corrected chi connectivity index (χ1v) is 12.2. The lowest BCUT2D eigenvalue weighted by atomic mass is 9.81. The molecule has 2 saturated carbocycles. The molecule has 0 unspecified atom stereocenters. The van der Waals surface area contributed by atoms with Gasteiger partial charge in [0, 0.05) is 5.92 Å². The summed E-state index contributed by atoms with van der Waals surface area (Å²) in [6.45, 7) is 5.41. The molecule has 158 valence electrons. The highest BCUT2D eigenvalue weighted by Gasteiger charge is 2.20. The average Bonchev–Trinajstić information content (AvgIpc) is 2.78. The Balaban J connectivity index is 1.32. The number of allylic oxidation sites excluding steroid dienone is 2. The minimum absolute atomic E-state index is 0.583. The first-order chi connectivity index (χ1) is 14.3. The van der Waals surface area contributed by atoms with Gasteiger partial charge in [0.05, 0.1) is 6.61 Å². The van der Waals surface area contributed by atoms with Crippen LogP contribution in [0.4, 0.5) is 0 Å². The van der Waals surface area contributed by atoms with Gasteiger partial charge in [-0.3, -0.25) is 0 Å². The summed E-state index contributed by atoms with van der Waals surface area (Å²) < 4.78 is 6.05. The molecule has 0 N–H and O–H groups in total. The van der Waals surface area contributed by atoms with Crippen LogP contribution in [0.25, 0.3) is 0 Å². The van der Waals surface area contributed by atoms with E-state index < -0.39 is 0 Å². The molecule has 2 aliphatic rings. The summed E-state index contributed by atoms with van der Waals surface area (Å²) >= 11 is 0. The summed E-state index contributed by atoms with van der Waals surface area (Å²) in [5, 5.41) is 0. The number of rotatable bonds is 7. The zero-order valence-electron chi connectivity index (χ0n) is 18.7. The van der Waals surface area contributed by atoms with E-state index in [0.29, 0.717) is 11.8 Å². The Morgan fingerprint density at radius 2 is 1.59 bits per heavy atom. The normalized spacial score (nSPS) is 27.4. The van der Waals surface area contributed by atoms with Crippen molar-refractivity contribution in [1.82, 2.24) is 0 Å². The van der Waals surface area contributed by atoms with Gasteiger partial charge in [0.15, 0.2) is 0 Å². The minimum atomic E-state index is 0.583. The van der Waals surface area contributed by atoms with Crippen molar-refractivity contribution in [1.29, 1.82) is 0 Å². The van der Waals surface area contributed by atoms with E-state index >= 15 is 0 Å². The van der Waals surface area contributed by atoms with Gasteiger partial charge in [-0.05, 0) is 99.3 Å². The van der Waals surface area contributed by atoms with Crippen LogP contribution >= 0.6 is 0 Å². The fourth-order valence-electron chi connectivity index (χ4n) is 4.87. The Bertz CT molecular complexity index is 659. The topological polar surface area (TPSA) is 9.23 Å². The maximum Gasteiger partial charge on any atom is 0.119 e. The molecular formula is C28H40O. The lowest BCUT2D eigenvalue weighted by molar-refractivity contribution is 0.196. The number of aryl methyl sites for hydroxylation is 1. The van der Waals surface area contributed by atoms with Crippen molar-refractivity contribution < 1.29 is 4.74 Å². The second kappa shape index (κ2) is 12.1. The fraction of sp³-hybridized carbons (Fsp3) is 0.643. The molecule has 29 heavy (non-hydrogen) atoms. The van der Waals surface area contributed by atoms with E-state index in [1.807, 2.05) is 0 Å². The zero-order chi connectivity index (χ0) is 20.3. The van der Waals surface area contributed by atoms with Crippen molar-refractivity contribution in [2.45, 2.75) is 84.5 Å². The van der Waals surface area contributed by atoms with Crippen LogP contribution in [0.1, 0.15) is 83.6 Å². The van der Waals surface area contributed by atoms with Crippen LogP contribution in [0, 0.1) is 35.5 Å². The summed E-state index contributed by atoms with van der Waals surface area (Å²) in [5.74, 6) is 10.9. The third-order valence-corrected chi connectivity index (χ3v) is 7.00. The van der Waals surface area contributed by atoms with Gasteiger partial charge in [-0.15, -0.1) is 0 Å². The molecule has 1 nitrogen and oxygen atoms in total. The number of hydrogen-bond donors (Lipinski definition) is 0. The number of benzene rings is 1. The van der Waals surface area contributed by atoms with E-state index in [0.717, 1.165) is 30.6 Å². The van der Waals surface area contributed by atoms with Gasteiger partial charge in [-0.25, -0.2) is 0 Å². The van der Waals surface area contributed by atoms with Crippen LogP contribution in [-0.4, -0.2) is 6.61 Å². The predicted octanol–water partition coefficient (Wildman–Crippen LogP) is 7.60. The van der Waals surface area contributed by atoms with Crippen molar-refractivity contribution >= 4 is 0 Å². The molecule has 3 rings (SSSR count). The monoisotopic (exact) mass is 392 g/mol. The molecular weight excluding hydrogens is 352 g/mol. The average molecular weight is 393 g/mol. The van der Waals surface area contributed by atoms with Crippen LogP contribution in [0.3, 0.4) is 0 Å². The van der Waals surface area contributed by atoms with Crippen LogP contribution in [0.5, 0.6) is 5.75 Å². The molecule has 0 saturated heterocycles. The molecule has 0 aromatic heterocycles. The maximum atomic E-state index is 6.05. The largest absolute Gasteiger partial charge is 0.493 e. The van der Waals surface area contributed by atoms with Crippen LogP contribution in [0.15, 0.2) is 36.4 Å². The molecule has 1 aromatic rings. The van der Waals surface area contributed by atoms with E-state index in [9.17, 15) is 0 Å². The third kappa shape index (κ3) is 7.58. The van der Waals surface area contributed by atoms with Crippen molar-refractivity contribution in [2.24, 2.45) is 23.7 Å². The fourth-order valence-corrected chi connectivity index (χ4v) is 4.87. The van der Waals surface area contributed by atoms with Crippen LogP contribution < -0.4 is 4.74 Å². The third-order valence-electron chi connectivity index (χ3n) is 7.00. The second-order valence-corrected chi connectivity index (χ2v) is 9.26. The van der Waals surface area contributed by atoms with Crippen molar-refractivity contribution in [2.75, 3.05) is 6.61 Å². The Labute approximate surface area is 179 Å². The highest BCUT2D eigenvalue weighted by atomic mass is 16.5. The Hall–Kier alpha value is -1.68. The molecule has 1 heteroatoms. The SMILES string of the molecule is CCCc1ccc(OCC2CCC(C#C/C=C/C3CCC(CC)CC3)CC2)cc1. The van der Waals surface area contributed by atoms with Gasteiger partial charge in [0.1, 0.15) is 5.75 Å². The lowest BCUT2D eigenvalue weighted by Crippen LogP contribution is -2.19. The molecule has 0 amide bonds. The molecule has 0 heterocycles. The smallest absolute Gasteiger partial charge is 0.119 e. The van der Waals surface area contributed by atoms with E-state index in [2.05, 4.69) is 62.1 Å². The van der Waals surface area contributed by atoms with Crippen LogP contribution in [0.2, 0.25) is 0 Å². The van der Waals surface area contributed by atoms with E-state index in [-0.39, 0.29) is 0 Å². The van der Waals surface area contributed by atoms with Gasteiger partial charge < -0.3 is 4.74 Å². The Kier molecular flexibility index (Phi) is 9.20. The first-order valence-electron chi connectivity index (χ1n) is 12.2. The molecule has 2 fully saturated rings. The Morgan fingerprint density at radius 3 is 2.24 bits per heavy atom. The van der Waals surface area contributed by atoms with Gasteiger partial charge in [-0.1, -0.05) is 56.7 Å². The lowest BCUT2D eigenvalue weighted by Gasteiger charge is -2.25. The highest BCUT2D eigenvalue weighted by molar-refractivity contribution is 5.27. The molecule has 0 bridgehead atoms. The van der Waals surface area contributed by atoms with Gasteiger partial charge >= 0.3 is 0 Å².